The van der Waals surface area contributed by atoms with Gasteiger partial charge in [-0.15, -0.1) is 0 Å². The lowest BCUT2D eigenvalue weighted by atomic mass is 10.2. The molecule has 0 unspecified atom stereocenters. The van der Waals surface area contributed by atoms with Crippen molar-refractivity contribution in [1.29, 1.82) is 5.26 Å². The molecule has 0 aliphatic carbocycles. The van der Waals surface area contributed by atoms with Crippen LogP contribution in [0.25, 0.3) is 0 Å². The Morgan fingerprint density at radius 3 is 2.39 bits per heavy atom. The molecular weight excluding hydrogens is 338 g/mol. The highest BCUT2D eigenvalue weighted by Crippen LogP contribution is 2.32. The van der Waals surface area contributed by atoms with Crippen LogP contribution in [0.3, 0.4) is 0 Å². The first kappa shape index (κ1) is 15.5. The second-order valence-electron chi connectivity index (χ2n) is 5.01. The molecule has 9 heteroatoms. The molecule has 0 radical (unpaired) electrons. The third kappa shape index (κ3) is 3.06. The number of piperazine rings is 1. The van der Waals surface area contributed by atoms with E-state index in [1.807, 2.05) is 0 Å². The van der Waals surface area contributed by atoms with Gasteiger partial charge < -0.3 is 9.80 Å². The van der Waals surface area contributed by atoms with Gasteiger partial charge in [-0.2, -0.15) is 9.64 Å². The first-order valence-corrected chi connectivity index (χ1v) is 8.05. The summed E-state index contributed by atoms with van der Waals surface area (Å²) in [6, 6.07) is 8.65. The van der Waals surface area contributed by atoms with Crippen LogP contribution in [0.1, 0.15) is 5.56 Å². The summed E-state index contributed by atoms with van der Waals surface area (Å²) in [5, 5.41) is 20.9. The van der Waals surface area contributed by atoms with Gasteiger partial charge in [0.2, 0.25) is 0 Å². The van der Waals surface area contributed by atoms with E-state index in [1.165, 1.54) is 23.7 Å². The standard InChI is InChI=1S/C14H12ClN5O2S/c15-13-12(9-16)14(23-17-13)19-7-5-18(6-8-19)10-1-3-11(4-2-10)20(21)22/h1-4H,5-8H2. The average Bonchev–Trinajstić information content (AvgIpc) is 2.96. The Hall–Kier alpha value is -2.37. The van der Waals surface area contributed by atoms with Crippen LogP contribution in [-0.4, -0.2) is 35.5 Å². The molecule has 23 heavy (non-hydrogen) atoms. The minimum absolute atomic E-state index is 0.0883. The van der Waals surface area contributed by atoms with E-state index >= 15 is 0 Å². The van der Waals surface area contributed by atoms with Crippen molar-refractivity contribution in [3.05, 3.63) is 45.1 Å². The second-order valence-corrected chi connectivity index (χ2v) is 6.12. The SMILES string of the molecule is N#Cc1c(Cl)nsc1N1CCN(c2ccc([N+](=O)[O-])cc2)CC1. The van der Waals surface area contributed by atoms with E-state index in [4.69, 9.17) is 16.9 Å². The summed E-state index contributed by atoms with van der Waals surface area (Å²) in [6.45, 7) is 3.00. The molecule has 7 nitrogen and oxygen atoms in total. The highest BCUT2D eigenvalue weighted by molar-refractivity contribution is 7.10. The lowest BCUT2D eigenvalue weighted by Crippen LogP contribution is -2.46. The molecule has 0 saturated carbocycles. The first-order chi connectivity index (χ1) is 11.1. The zero-order valence-electron chi connectivity index (χ0n) is 12.0. The maximum atomic E-state index is 10.7. The van der Waals surface area contributed by atoms with E-state index in [1.54, 1.807) is 12.1 Å². The Labute approximate surface area is 141 Å². The number of nitriles is 1. The first-order valence-electron chi connectivity index (χ1n) is 6.90. The van der Waals surface area contributed by atoms with E-state index in [-0.39, 0.29) is 10.8 Å². The zero-order valence-corrected chi connectivity index (χ0v) is 13.5. The van der Waals surface area contributed by atoms with Gasteiger partial charge in [-0.25, -0.2) is 0 Å². The molecule has 0 amide bonds. The molecule has 0 bridgehead atoms. The minimum Gasteiger partial charge on any atom is -0.368 e. The van der Waals surface area contributed by atoms with Gasteiger partial charge in [-0.3, -0.25) is 10.1 Å². The topological polar surface area (TPSA) is 86.3 Å². The Bertz CT molecular complexity index is 762. The van der Waals surface area contributed by atoms with Gasteiger partial charge in [0.15, 0.2) is 5.15 Å². The highest BCUT2D eigenvalue weighted by Gasteiger charge is 2.23. The van der Waals surface area contributed by atoms with E-state index in [2.05, 4.69) is 20.2 Å². The normalized spacial score (nSPS) is 14.6. The van der Waals surface area contributed by atoms with Crippen molar-refractivity contribution >= 4 is 39.5 Å². The molecule has 1 aliphatic rings. The third-order valence-corrected chi connectivity index (χ3v) is 5.02. The number of anilines is 2. The van der Waals surface area contributed by atoms with Gasteiger partial charge >= 0.3 is 0 Å². The lowest BCUT2D eigenvalue weighted by Gasteiger charge is -2.36. The van der Waals surface area contributed by atoms with Crippen molar-refractivity contribution in [2.24, 2.45) is 0 Å². The Morgan fingerprint density at radius 1 is 1.22 bits per heavy atom. The number of nitrogens with zero attached hydrogens (tertiary/aromatic N) is 5. The summed E-state index contributed by atoms with van der Waals surface area (Å²) >= 11 is 7.15. The largest absolute Gasteiger partial charge is 0.368 e. The number of rotatable bonds is 3. The van der Waals surface area contributed by atoms with Crippen molar-refractivity contribution in [2.45, 2.75) is 0 Å². The molecule has 1 aromatic carbocycles. The van der Waals surface area contributed by atoms with Crippen LogP contribution in [0, 0.1) is 21.4 Å². The molecule has 2 aromatic rings. The molecule has 1 saturated heterocycles. The van der Waals surface area contributed by atoms with Crippen LogP contribution in [0.2, 0.25) is 5.15 Å². The number of nitro groups is 1. The molecule has 1 aromatic heterocycles. The summed E-state index contributed by atoms with van der Waals surface area (Å²) in [7, 11) is 0. The number of hydrogen-bond acceptors (Lipinski definition) is 7. The number of hydrogen-bond donors (Lipinski definition) is 0. The highest BCUT2D eigenvalue weighted by atomic mass is 35.5. The number of non-ortho nitro benzene ring substituents is 1. The number of benzene rings is 1. The number of aromatic nitrogens is 1. The van der Waals surface area contributed by atoms with Crippen molar-refractivity contribution < 1.29 is 4.92 Å². The van der Waals surface area contributed by atoms with E-state index < -0.39 is 4.92 Å². The Balaban J connectivity index is 1.68. The van der Waals surface area contributed by atoms with E-state index in [0.717, 1.165) is 36.9 Å². The fourth-order valence-electron chi connectivity index (χ4n) is 2.53. The molecule has 2 heterocycles. The molecule has 0 atom stereocenters. The Kier molecular flexibility index (Phi) is 4.32. The maximum absolute atomic E-state index is 10.7. The Morgan fingerprint density at radius 2 is 1.83 bits per heavy atom. The van der Waals surface area contributed by atoms with E-state index in [0.29, 0.717) is 5.56 Å². The van der Waals surface area contributed by atoms with Crippen LogP contribution < -0.4 is 9.80 Å². The zero-order chi connectivity index (χ0) is 16.4. The van der Waals surface area contributed by atoms with Crippen molar-refractivity contribution in [3.8, 4) is 6.07 Å². The van der Waals surface area contributed by atoms with Crippen molar-refractivity contribution in [2.75, 3.05) is 36.0 Å². The van der Waals surface area contributed by atoms with Gasteiger partial charge in [-0.05, 0) is 23.7 Å². The minimum atomic E-state index is -0.404. The monoisotopic (exact) mass is 349 g/mol. The summed E-state index contributed by atoms with van der Waals surface area (Å²) in [4.78, 5) is 14.6. The predicted octanol–water partition coefficient (Wildman–Crippen LogP) is 2.90. The fraction of sp³-hybridized carbons (Fsp3) is 0.286. The third-order valence-electron chi connectivity index (χ3n) is 3.74. The van der Waals surface area contributed by atoms with E-state index in [9.17, 15) is 10.1 Å². The van der Waals surface area contributed by atoms with Gasteiger partial charge in [0.1, 0.15) is 16.6 Å². The van der Waals surface area contributed by atoms with Crippen LogP contribution in [0.4, 0.5) is 16.4 Å². The molecule has 0 N–H and O–H groups in total. The van der Waals surface area contributed by atoms with Crippen LogP contribution in [0.5, 0.6) is 0 Å². The van der Waals surface area contributed by atoms with Crippen LogP contribution >= 0.6 is 23.1 Å². The quantitative estimate of drug-likeness (QED) is 0.625. The maximum Gasteiger partial charge on any atom is 0.269 e. The smallest absolute Gasteiger partial charge is 0.269 e. The van der Waals surface area contributed by atoms with Crippen LogP contribution in [0.15, 0.2) is 24.3 Å². The summed E-state index contributed by atoms with van der Waals surface area (Å²) in [5.74, 6) is 0. The summed E-state index contributed by atoms with van der Waals surface area (Å²) < 4.78 is 4.03. The van der Waals surface area contributed by atoms with Crippen molar-refractivity contribution in [3.63, 3.8) is 0 Å². The lowest BCUT2D eigenvalue weighted by molar-refractivity contribution is -0.384. The van der Waals surface area contributed by atoms with Gasteiger partial charge in [0.25, 0.3) is 5.69 Å². The van der Waals surface area contributed by atoms with Gasteiger partial charge in [-0.1, -0.05) is 11.6 Å². The number of nitro benzene ring substituents is 1. The summed E-state index contributed by atoms with van der Waals surface area (Å²) in [5.41, 5.74) is 1.48. The molecule has 118 valence electrons. The molecule has 1 aliphatic heterocycles. The average molecular weight is 350 g/mol. The van der Waals surface area contributed by atoms with Gasteiger partial charge in [0.05, 0.1) is 4.92 Å². The van der Waals surface area contributed by atoms with Gasteiger partial charge in [0, 0.05) is 44.0 Å². The number of halogens is 1. The fourth-order valence-corrected chi connectivity index (χ4v) is 3.61. The van der Waals surface area contributed by atoms with Crippen LogP contribution in [-0.2, 0) is 0 Å². The van der Waals surface area contributed by atoms with Crippen molar-refractivity contribution in [1.82, 2.24) is 4.37 Å². The molecule has 0 spiro atoms. The summed E-state index contributed by atoms with van der Waals surface area (Å²) in [6.07, 6.45) is 0. The molecular formula is C14H12ClN5O2S. The molecule has 3 rings (SSSR count). The predicted molar refractivity (Wildman–Crippen MR) is 89.4 cm³/mol. The molecule has 1 fully saturated rings. The second kappa shape index (κ2) is 6.40.